The fraction of sp³-hybridized carbons (Fsp3) is 0.816. The average Bonchev–Trinajstić information content (AvgIpc) is 3.31. The van der Waals surface area contributed by atoms with Gasteiger partial charge in [-0.25, -0.2) is 0 Å². The lowest BCUT2D eigenvalue weighted by Gasteiger charge is -2.40. The first-order chi connectivity index (χ1) is 21.8. The van der Waals surface area contributed by atoms with E-state index in [1.165, 1.54) is 0 Å². The molecule has 0 bridgehead atoms. The smallest absolute Gasteiger partial charge is 0.228 e. The number of amides is 2. The van der Waals surface area contributed by atoms with Gasteiger partial charge in [0.25, 0.3) is 0 Å². The number of ketones is 3. The van der Waals surface area contributed by atoms with E-state index in [4.69, 9.17) is 4.74 Å². The molecule has 4 fully saturated rings. The van der Waals surface area contributed by atoms with Crippen LogP contribution in [0, 0.1) is 40.4 Å². The summed E-state index contributed by atoms with van der Waals surface area (Å²) in [4.78, 5) is 71.6. The molecule has 3 heterocycles. The molecule has 2 amide bonds. The highest BCUT2D eigenvalue weighted by atomic mass is 16.5. The van der Waals surface area contributed by atoms with Gasteiger partial charge in [-0.05, 0) is 67.1 Å². The number of piperidine rings is 2. The summed E-state index contributed by atoms with van der Waals surface area (Å²) in [6.07, 6.45) is 10.5. The van der Waals surface area contributed by atoms with Gasteiger partial charge >= 0.3 is 0 Å². The molecule has 3 aliphatic heterocycles. The standard InChI is InChI=1S/C38H60N2O6/c1-7-8-17-30(41)35(44)26-16-12-10-9-11-15-20-46-25-27(21-28(37(2,3)4)23-39-19-14-13-18-32(39)43)36(45)40-24-29-33(38(29,5)6)34(40)31(42)22-26/h7,26-29,33-34H,1,8-25H2,2-6H3/t26-,27+,28-,29+,33+,34-/m1/s1. The van der Waals surface area contributed by atoms with Gasteiger partial charge in [-0.2, -0.15) is 0 Å². The molecule has 1 aliphatic carbocycles. The van der Waals surface area contributed by atoms with Crippen LogP contribution in [0.5, 0.6) is 0 Å². The zero-order chi connectivity index (χ0) is 33.6. The molecule has 4 aliphatic rings. The van der Waals surface area contributed by atoms with E-state index in [1.54, 1.807) is 6.08 Å². The number of hydrogen-bond donors (Lipinski definition) is 0. The molecule has 0 N–H and O–H groups in total. The van der Waals surface area contributed by atoms with Crippen molar-refractivity contribution in [3.8, 4) is 0 Å². The number of nitrogens with zero attached hydrogens (tertiary/aromatic N) is 2. The maximum atomic E-state index is 14.6. The first-order valence-corrected chi connectivity index (χ1v) is 18.1. The van der Waals surface area contributed by atoms with Crippen molar-refractivity contribution in [3.63, 3.8) is 0 Å². The van der Waals surface area contributed by atoms with Crippen LogP contribution in [0.2, 0.25) is 0 Å². The Labute approximate surface area is 277 Å². The quantitative estimate of drug-likeness (QED) is 0.220. The Morgan fingerprint density at radius 1 is 1.04 bits per heavy atom. The molecule has 4 rings (SSSR count). The third-order valence-electron chi connectivity index (χ3n) is 11.7. The lowest BCUT2D eigenvalue weighted by Crippen LogP contribution is -2.50. The van der Waals surface area contributed by atoms with E-state index in [1.807, 2.05) is 9.80 Å². The van der Waals surface area contributed by atoms with Crippen molar-refractivity contribution in [3.05, 3.63) is 12.7 Å². The van der Waals surface area contributed by atoms with Crippen LogP contribution in [0.3, 0.4) is 0 Å². The summed E-state index contributed by atoms with van der Waals surface area (Å²) in [5.41, 5.74) is -0.185. The van der Waals surface area contributed by atoms with Gasteiger partial charge < -0.3 is 14.5 Å². The summed E-state index contributed by atoms with van der Waals surface area (Å²) in [6.45, 7) is 17.4. The minimum absolute atomic E-state index is 0.00919. The van der Waals surface area contributed by atoms with E-state index in [-0.39, 0.29) is 59.0 Å². The highest BCUT2D eigenvalue weighted by molar-refractivity contribution is 6.38. The minimum atomic E-state index is -0.637. The summed E-state index contributed by atoms with van der Waals surface area (Å²) in [6, 6.07) is -0.585. The van der Waals surface area contributed by atoms with Crippen molar-refractivity contribution in [2.45, 2.75) is 124 Å². The predicted octanol–water partition coefficient (Wildman–Crippen LogP) is 6.20. The Morgan fingerprint density at radius 2 is 1.76 bits per heavy atom. The van der Waals surface area contributed by atoms with E-state index in [2.05, 4.69) is 41.2 Å². The third kappa shape index (κ3) is 8.76. The van der Waals surface area contributed by atoms with E-state index in [0.29, 0.717) is 52.0 Å². The van der Waals surface area contributed by atoms with Crippen LogP contribution < -0.4 is 0 Å². The number of carbonyl (C=O) groups is 5. The summed E-state index contributed by atoms with van der Waals surface area (Å²) >= 11 is 0. The molecular weight excluding hydrogens is 580 g/mol. The molecule has 3 saturated heterocycles. The fourth-order valence-electron chi connectivity index (χ4n) is 8.35. The van der Waals surface area contributed by atoms with Gasteiger partial charge in [0.2, 0.25) is 17.6 Å². The molecule has 0 aromatic rings. The van der Waals surface area contributed by atoms with Gasteiger partial charge in [-0.1, -0.05) is 66.4 Å². The van der Waals surface area contributed by atoms with Crippen molar-refractivity contribution in [1.82, 2.24) is 9.80 Å². The average molecular weight is 641 g/mol. The van der Waals surface area contributed by atoms with E-state index in [0.717, 1.165) is 51.5 Å². The second kappa shape index (κ2) is 15.7. The Hall–Kier alpha value is -2.35. The molecular formula is C38H60N2O6. The Balaban J connectivity index is 1.60. The van der Waals surface area contributed by atoms with Crippen LogP contribution in [0.1, 0.15) is 118 Å². The van der Waals surface area contributed by atoms with Crippen molar-refractivity contribution >= 4 is 29.2 Å². The number of fused-ring (bicyclic) bond motifs is 3. The first-order valence-electron chi connectivity index (χ1n) is 18.1. The van der Waals surface area contributed by atoms with Gasteiger partial charge in [-0.3, -0.25) is 24.0 Å². The number of allylic oxidation sites excluding steroid dienone is 1. The number of hydrogen-bond acceptors (Lipinski definition) is 6. The molecule has 6 atom stereocenters. The molecule has 0 unspecified atom stereocenters. The Bertz CT molecular complexity index is 1140. The SMILES string of the molecule is C=CCCC(=O)C(=O)[C@@H]1CCCCCCCOC[C@H](C[C@H](CN2CCCCC2=O)C(C)(C)C)C(=O)N2C[C@H]3[C@@H]([C@H]2C(=O)C1)C3(C)C. The van der Waals surface area contributed by atoms with Gasteiger partial charge in [0.15, 0.2) is 11.6 Å². The van der Waals surface area contributed by atoms with Gasteiger partial charge in [0.1, 0.15) is 0 Å². The van der Waals surface area contributed by atoms with Gasteiger partial charge in [-0.15, -0.1) is 6.58 Å². The first kappa shape index (κ1) is 36.5. The maximum absolute atomic E-state index is 14.6. The second-order valence-corrected chi connectivity index (χ2v) is 16.3. The molecule has 258 valence electrons. The summed E-state index contributed by atoms with van der Waals surface area (Å²) in [5.74, 6) is -1.48. The van der Waals surface area contributed by atoms with E-state index in [9.17, 15) is 24.0 Å². The topological polar surface area (TPSA) is 101 Å². The van der Waals surface area contributed by atoms with Crippen molar-refractivity contribution in [2.24, 2.45) is 40.4 Å². The number of carbonyl (C=O) groups excluding carboxylic acids is 5. The van der Waals surface area contributed by atoms with Crippen LogP contribution in [0.15, 0.2) is 12.7 Å². The van der Waals surface area contributed by atoms with Crippen LogP contribution in [-0.2, 0) is 28.7 Å². The molecule has 1 saturated carbocycles. The van der Waals surface area contributed by atoms with Crippen molar-refractivity contribution in [2.75, 3.05) is 32.8 Å². The normalized spacial score (nSPS) is 30.4. The predicted molar refractivity (Wildman–Crippen MR) is 179 cm³/mol. The summed E-state index contributed by atoms with van der Waals surface area (Å²) in [7, 11) is 0. The second-order valence-electron chi connectivity index (χ2n) is 16.3. The zero-order valence-electron chi connectivity index (χ0n) is 29.3. The molecule has 0 aromatic heterocycles. The van der Waals surface area contributed by atoms with Gasteiger partial charge in [0, 0.05) is 51.4 Å². The van der Waals surface area contributed by atoms with Crippen LogP contribution in [0.4, 0.5) is 0 Å². The zero-order valence-corrected chi connectivity index (χ0v) is 29.3. The fourth-order valence-corrected chi connectivity index (χ4v) is 8.35. The molecule has 0 radical (unpaired) electrons. The summed E-state index contributed by atoms with van der Waals surface area (Å²) in [5, 5.41) is 0. The molecule has 8 nitrogen and oxygen atoms in total. The number of ether oxygens (including phenoxy) is 1. The molecule has 8 heteroatoms. The molecule has 0 spiro atoms. The van der Waals surface area contributed by atoms with E-state index < -0.39 is 29.4 Å². The maximum Gasteiger partial charge on any atom is 0.228 e. The largest absolute Gasteiger partial charge is 0.381 e. The highest BCUT2D eigenvalue weighted by Gasteiger charge is 2.69. The third-order valence-corrected chi connectivity index (χ3v) is 11.7. The number of likely N-dealkylation sites (tertiary alicyclic amines) is 1. The van der Waals surface area contributed by atoms with Crippen molar-refractivity contribution < 1.29 is 28.7 Å². The monoisotopic (exact) mass is 640 g/mol. The van der Waals surface area contributed by atoms with Crippen LogP contribution in [0.25, 0.3) is 0 Å². The minimum Gasteiger partial charge on any atom is -0.381 e. The number of Topliss-reactive ketones (excluding diaryl/α,β-unsaturated/α-hetero) is 3. The lowest BCUT2D eigenvalue weighted by atomic mass is 9.75. The molecule has 46 heavy (non-hydrogen) atoms. The molecule has 0 aromatic carbocycles. The number of rotatable bonds is 9. The lowest BCUT2D eigenvalue weighted by molar-refractivity contribution is -0.146. The Kier molecular flexibility index (Phi) is 12.5. The Morgan fingerprint density at radius 3 is 2.46 bits per heavy atom. The summed E-state index contributed by atoms with van der Waals surface area (Å²) < 4.78 is 6.20. The van der Waals surface area contributed by atoms with Crippen LogP contribution in [-0.4, -0.2) is 77.9 Å². The van der Waals surface area contributed by atoms with Gasteiger partial charge in [0.05, 0.1) is 18.6 Å². The van der Waals surface area contributed by atoms with Crippen LogP contribution >= 0.6 is 0 Å². The van der Waals surface area contributed by atoms with E-state index >= 15 is 0 Å². The highest BCUT2D eigenvalue weighted by Crippen LogP contribution is 2.65. The van der Waals surface area contributed by atoms with Crippen molar-refractivity contribution in [1.29, 1.82) is 0 Å².